The number of amides is 1. The summed E-state index contributed by atoms with van der Waals surface area (Å²) in [4.78, 5) is 17.4. The van der Waals surface area contributed by atoms with Gasteiger partial charge in [-0.2, -0.15) is 5.10 Å². The highest BCUT2D eigenvalue weighted by atomic mass is 16.5. The normalized spacial score (nSPS) is 17.9. The lowest BCUT2D eigenvalue weighted by atomic mass is 9.86. The van der Waals surface area contributed by atoms with Gasteiger partial charge in [0.2, 0.25) is 0 Å². The van der Waals surface area contributed by atoms with E-state index < -0.39 is 0 Å². The van der Waals surface area contributed by atoms with Gasteiger partial charge in [0.1, 0.15) is 11.3 Å². The second-order valence-electron chi connectivity index (χ2n) is 7.41. The molecule has 0 bridgehead atoms. The van der Waals surface area contributed by atoms with Crippen molar-refractivity contribution in [2.45, 2.75) is 31.7 Å². The summed E-state index contributed by atoms with van der Waals surface area (Å²) in [6, 6.07) is 8.28. The van der Waals surface area contributed by atoms with Gasteiger partial charge in [-0.1, -0.05) is 38.1 Å². The first kappa shape index (κ1) is 16.6. The number of methoxy groups -OCH3 is 1. The molecule has 0 saturated heterocycles. The number of aromatic nitrogens is 3. The van der Waals surface area contributed by atoms with Gasteiger partial charge in [0.25, 0.3) is 5.91 Å². The fourth-order valence-corrected chi connectivity index (χ4v) is 3.97. The molecule has 1 aromatic carbocycles. The number of hydrogen-bond acceptors (Lipinski definition) is 4. The Morgan fingerprint density at radius 3 is 2.85 bits per heavy atom. The van der Waals surface area contributed by atoms with Crippen LogP contribution in [-0.2, 0) is 12.5 Å². The molecular formula is C20H22N4O2. The molecule has 6 heteroatoms. The van der Waals surface area contributed by atoms with E-state index in [-0.39, 0.29) is 17.4 Å². The zero-order valence-corrected chi connectivity index (χ0v) is 15.4. The molecule has 0 saturated carbocycles. The Hall–Kier alpha value is -2.89. The van der Waals surface area contributed by atoms with E-state index in [1.165, 1.54) is 11.1 Å². The maximum absolute atomic E-state index is 13.0. The molecule has 2 aromatic heterocycles. The highest BCUT2D eigenvalue weighted by Gasteiger charge is 2.37. The van der Waals surface area contributed by atoms with Crippen LogP contribution >= 0.6 is 0 Å². The molecule has 1 atom stereocenters. The fraction of sp³-hybridized carbons (Fsp3) is 0.350. The Balaban J connectivity index is 1.69. The topological polar surface area (TPSA) is 69.0 Å². The molecule has 6 nitrogen and oxygen atoms in total. The van der Waals surface area contributed by atoms with E-state index in [4.69, 9.17) is 4.74 Å². The van der Waals surface area contributed by atoms with Crippen LogP contribution in [0.25, 0.3) is 11.0 Å². The average molecular weight is 350 g/mol. The minimum absolute atomic E-state index is 0.0250. The fourth-order valence-electron chi connectivity index (χ4n) is 3.97. The molecule has 1 amide bonds. The average Bonchev–Trinajstić information content (AvgIpc) is 3.12. The van der Waals surface area contributed by atoms with Crippen LogP contribution in [0.2, 0.25) is 0 Å². The number of rotatable bonds is 3. The highest BCUT2D eigenvalue weighted by Crippen LogP contribution is 2.44. The number of hydrogen-bond donors (Lipinski definition) is 1. The lowest BCUT2D eigenvalue weighted by Crippen LogP contribution is -2.28. The smallest absolute Gasteiger partial charge is 0.257 e. The van der Waals surface area contributed by atoms with Crippen LogP contribution in [-0.4, -0.2) is 27.8 Å². The Morgan fingerprint density at radius 2 is 2.08 bits per heavy atom. The van der Waals surface area contributed by atoms with Crippen molar-refractivity contribution in [1.29, 1.82) is 0 Å². The molecule has 3 aromatic rings. The molecule has 4 rings (SSSR count). The van der Waals surface area contributed by atoms with Gasteiger partial charge < -0.3 is 10.1 Å². The van der Waals surface area contributed by atoms with Crippen molar-refractivity contribution in [2.75, 3.05) is 7.11 Å². The van der Waals surface area contributed by atoms with Crippen LogP contribution in [0, 0.1) is 0 Å². The van der Waals surface area contributed by atoms with Gasteiger partial charge in [0, 0.05) is 13.2 Å². The van der Waals surface area contributed by atoms with Gasteiger partial charge >= 0.3 is 0 Å². The number of nitrogens with zero attached hydrogens (tertiary/aromatic N) is 3. The van der Waals surface area contributed by atoms with Crippen LogP contribution in [0.1, 0.15) is 47.8 Å². The largest absolute Gasteiger partial charge is 0.495 e. The molecule has 1 aliphatic rings. The molecule has 134 valence electrons. The van der Waals surface area contributed by atoms with Gasteiger partial charge in [-0.25, -0.2) is 4.98 Å². The van der Waals surface area contributed by atoms with E-state index in [2.05, 4.69) is 41.4 Å². The first-order valence-corrected chi connectivity index (χ1v) is 8.67. The zero-order chi connectivity index (χ0) is 18.5. The summed E-state index contributed by atoms with van der Waals surface area (Å²) in [7, 11) is 3.37. The van der Waals surface area contributed by atoms with Crippen LogP contribution < -0.4 is 10.1 Å². The van der Waals surface area contributed by atoms with E-state index in [1.807, 2.05) is 19.2 Å². The Morgan fingerprint density at radius 1 is 1.31 bits per heavy atom. The zero-order valence-electron chi connectivity index (χ0n) is 15.4. The molecule has 1 N–H and O–H groups in total. The van der Waals surface area contributed by atoms with Gasteiger partial charge in [-0.05, 0) is 23.0 Å². The molecule has 1 aliphatic carbocycles. The molecule has 0 fully saturated rings. The minimum atomic E-state index is -0.183. The quantitative estimate of drug-likeness (QED) is 0.788. The number of carbonyl (C=O) groups is 1. The summed E-state index contributed by atoms with van der Waals surface area (Å²) < 4.78 is 7.18. The number of benzene rings is 1. The van der Waals surface area contributed by atoms with E-state index in [9.17, 15) is 4.79 Å². The molecular weight excluding hydrogens is 328 g/mol. The van der Waals surface area contributed by atoms with E-state index in [0.29, 0.717) is 17.0 Å². The number of pyridine rings is 1. The first-order chi connectivity index (χ1) is 12.4. The van der Waals surface area contributed by atoms with E-state index in [1.54, 1.807) is 24.2 Å². The monoisotopic (exact) mass is 350 g/mol. The van der Waals surface area contributed by atoms with Crippen LogP contribution in [0.5, 0.6) is 5.75 Å². The summed E-state index contributed by atoms with van der Waals surface area (Å²) in [5.41, 5.74) is 3.61. The standard InChI is InChI=1S/C20H22N4O2/c1-20(2)9-16(12-7-5-6-8-15(12)20)23-19(25)14-10-21-18-13(17(14)26-4)11-22-24(18)3/h5-8,10-11,16H,9H2,1-4H3,(H,23,25). The van der Waals surface area contributed by atoms with Crippen molar-refractivity contribution in [3.8, 4) is 5.75 Å². The summed E-state index contributed by atoms with van der Waals surface area (Å²) in [6.07, 6.45) is 4.10. The van der Waals surface area contributed by atoms with Gasteiger partial charge in [0.05, 0.1) is 24.7 Å². The molecule has 26 heavy (non-hydrogen) atoms. The number of fused-ring (bicyclic) bond motifs is 2. The van der Waals surface area contributed by atoms with Crippen molar-refractivity contribution in [3.05, 3.63) is 53.3 Å². The predicted molar refractivity (Wildman–Crippen MR) is 99.4 cm³/mol. The highest BCUT2D eigenvalue weighted by molar-refractivity contribution is 6.02. The van der Waals surface area contributed by atoms with Crippen molar-refractivity contribution in [1.82, 2.24) is 20.1 Å². The second kappa shape index (κ2) is 5.83. The van der Waals surface area contributed by atoms with Crippen molar-refractivity contribution < 1.29 is 9.53 Å². The third-order valence-electron chi connectivity index (χ3n) is 5.25. The second-order valence-corrected chi connectivity index (χ2v) is 7.41. The summed E-state index contributed by atoms with van der Waals surface area (Å²) in [5.74, 6) is 0.323. The predicted octanol–water partition coefficient (Wildman–Crippen LogP) is 3.13. The van der Waals surface area contributed by atoms with Crippen molar-refractivity contribution in [2.24, 2.45) is 7.05 Å². The van der Waals surface area contributed by atoms with Gasteiger partial charge in [-0.3, -0.25) is 9.48 Å². The van der Waals surface area contributed by atoms with Crippen LogP contribution in [0.15, 0.2) is 36.7 Å². The number of ether oxygens (including phenoxy) is 1. The SMILES string of the molecule is COc1c(C(=O)NC2CC(C)(C)c3ccccc32)cnc2c1cnn2C. The Bertz CT molecular complexity index is 1010. The Labute approximate surface area is 152 Å². The molecule has 2 heterocycles. The summed E-state index contributed by atoms with van der Waals surface area (Å²) >= 11 is 0. The molecule has 0 spiro atoms. The third kappa shape index (κ3) is 2.44. The lowest BCUT2D eigenvalue weighted by molar-refractivity contribution is 0.0931. The lowest BCUT2D eigenvalue weighted by Gasteiger charge is -2.19. The summed E-state index contributed by atoms with van der Waals surface area (Å²) in [5, 5.41) is 8.10. The van der Waals surface area contributed by atoms with E-state index >= 15 is 0 Å². The molecule has 0 radical (unpaired) electrons. The van der Waals surface area contributed by atoms with Gasteiger partial charge in [-0.15, -0.1) is 0 Å². The third-order valence-corrected chi connectivity index (χ3v) is 5.25. The maximum Gasteiger partial charge on any atom is 0.257 e. The van der Waals surface area contributed by atoms with Crippen molar-refractivity contribution in [3.63, 3.8) is 0 Å². The Kier molecular flexibility index (Phi) is 3.72. The number of aryl methyl sites for hydroxylation is 1. The van der Waals surface area contributed by atoms with Crippen LogP contribution in [0.4, 0.5) is 0 Å². The van der Waals surface area contributed by atoms with Crippen molar-refractivity contribution >= 4 is 16.9 Å². The first-order valence-electron chi connectivity index (χ1n) is 8.67. The summed E-state index contributed by atoms with van der Waals surface area (Å²) in [6.45, 7) is 4.42. The number of carbonyl (C=O) groups excluding carboxylic acids is 1. The van der Waals surface area contributed by atoms with E-state index in [0.717, 1.165) is 11.8 Å². The van der Waals surface area contributed by atoms with Gasteiger partial charge in [0.15, 0.2) is 5.65 Å². The minimum Gasteiger partial charge on any atom is -0.495 e. The van der Waals surface area contributed by atoms with Crippen LogP contribution in [0.3, 0.4) is 0 Å². The molecule has 0 aliphatic heterocycles. The number of nitrogens with one attached hydrogen (secondary N) is 1. The maximum atomic E-state index is 13.0. The molecule has 1 unspecified atom stereocenters.